The highest BCUT2D eigenvalue weighted by atomic mass is 19.1. The van der Waals surface area contributed by atoms with E-state index < -0.39 is 17.6 Å². The number of hydrogen-bond donors (Lipinski definition) is 2. The molecule has 0 saturated carbocycles. The third kappa shape index (κ3) is 5.00. The van der Waals surface area contributed by atoms with E-state index in [0.29, 0.717) is 5.71 Å². The van der Waals surface area contributed by atoms with Gasteiger partial charge in [0.15, 0.2) is 0 Å². The average molecular weight is 367 g/mol. The average Bonchev–Trinajstić information content (AvgIpc) is 2.70. The maximum absolute atomic E-state index is 12.9. The van der Waals surface area contributed by atoms with Gasteiger partial charge in [-0.05, 0) is 79.6 Å². The molecule has 1 aliphatic rings. The first-order chi connectivity index (χ1) is 13.0. The largest absolute Gasteiger partial charge is 0.343 e. The third-order valence-corrected chi connectivity index (χ3v) is 4.63. The summed E-state index contributed by atoms with van der Waals surface area (Å²) >= 11 is 0. The van der Waals surface area contributed by atoms with Crippen LogP contribution in [0.1, 0.15) is 46.8 Å². The van der Waals surface area contributed by atoms with Crippen LogP contribution >= 0.6 is 0 Å². The second kappa shape index (κ2) is 8.58. The molecule has 2 aromatic carbocycles. The Hall–Kier alpha value is -3.02. The predicted octanol–water partition coefficient (Wildman–Crippen LogP) is 2.97. The van der Waals surface area contributed by atoms with Crippen molar-refractivity contribution in [3.05, 3.63) is 70.5 Å². The topological polar surface area (TPSA) is 70.6 Å². The normalized spacial score (nSPS) is 13.6. The second-order valence-electron chi connectivity index (χ2n) is 6.61. The van der Waals surface area contributed by atoms with Crippen LogP contribution in [0, 0.1) is 5.82 Å². The summed E-state index contributed by atoms with van der Waals surface area (Å²) in [6.07, 6.45) is 4.64. The Morgan fingerprint density at radius 1 is 1.00 bits per heavy atom. The molecule has 0 aliphatic heterocycles. The quantitative estimate of drug-likeness (QED) is 0.630. The van der Waals surface area contributed by atoms with E-state index in [9.17, 15) is 14.0 Å². The van der Waals surface area contributed by atoms with E-state index >= 15 is 0 Å². The minimum atomic E-state index is -0.444. The van der Waals surface area contributed by atoms with Crippen molar-refractivity contribution in [2.75, 3.05) is 6.54 Å². The Bertz CT molecular complexity index is 875. The fourth-order valence-corrected chi connectivity index (χ4v) is 3.07. The highest BCUT2D eigenvalue weighted by Gasteiger charge is 2.11. The molecule has 0 bridgehead atoms. The minimum Gasteiger partial charge on any atom is -0.343 e. The van der Waals surface area contributed by atoms with Crippen LogP contribution in [0.2, 0.25) is 0 Å². The van der Waals surface area contributed by atoms with Gasteiger partial charge in [0.2, 0.25) is 0 Å². The maximum atomic E-state index is 12.9. The third-order valence-electron chi connectivity index (χ3n) is 4.63. The van der Waals surface area contributed by atoms with Crippen LogP contribution in [0.3, 0.4) is 0 Å². The standard InChI is InChI=1S/C21H22FN3O2/c1-14(17-7-6-15-4-2-3-5-18(15)12-17)24-25-20(26)13-23-21(27)16-8-10-19(22)11-9-16/h6-12H,2-5,13H2,1H3,(H,23,27)(H,25,26). The van der Waals surface area contributed by atoms with Crippen molar-refractivity contribution in [3.8, 4) is 0 Å². The van der Waals surface area contributed by atoms with Crippen LogP contribution < -0.4 is 10.7 Å². The van der Waals surface area contributed by atoms with E-state index in [4.69, 9.17) is 0 Å². The number of amides is 2. The SMILES string of the molecule is CC(=NNC(=O)CNC(=O)c1ccc(F)cc1)c1ccc2c(c1)CCCC2. The zero-order chi connectivity index (χ0) is 19.2. The van der Waals surface area contributed by atoms with Gasteiger partial charge in [-0.3, -0.25) is 9.59 Å². The van der Waals surface area contributed by atoms with Gasteiger partial charge in [0.25, 0.3) is 11.8 Å². The van der Waals surface area contributed by atoms with E-state index in [1.54, 1.807) is 0 Å². The van der Waals surface area contributed by atoms with E-state index in [1.807, 2.05) is 13.0 Å². The molecule has 0 fully saturated rings. The van der Waals surface area contributed by atoms with E-state index in [1.165, 1.54) is 48.2 Å². The van der Waals surface area contributed by atoms with Crippen LogP contribution in [0.15, 0.2) is 47.6 Å². The molecule has 2 amide bonds. The van der Waals surface area contributed by atoms with Crippen LogP contribution in [0.4, 0.5) is 4.39 Å². The molecule has 0 radical (unpaired) electrons. The molecule has 27 heavy (non-hydrogen) atoms. The van der Waals surface area contributed by atoms with Crippen molar-refractivity contribution < 1.29 is 14.0 Å². The maximum Gasteiger partial charge on any atom is 0.259 e. The molecule has 0 unspecified atom stereocenters. The van der Waals surface area contributed by atoms with E-state index in [0.717, 1.165) is 18.4 Å². The number of benzene rings is 2. The number of nitrogens with one attached hydrogen (secondary N) is 2. The van der Waals surface area contributed by atoms with Crippen molar-refractivity contribution in [3.63, 3.8) is 0 Å². The predicted molar refractivity (Wildman–Crippen MR) is 102 cm³/mol. The molecule has 0 atom stereocenters. The number of carbonyl (C=O) groups is 2. The van der Waals surface area contributed by atoms with E-state index in [2.05, 4.69) is 28.0 Å². The Morgan fingerprint density at radius 2 is 1.67 bits per heavy atom. The van der Waals surface area contributed by atoms with Gasteiger partial charge in [-0.1, -0.05) is 12.1 Å². The highest BCUT2D eigenvalue weighted by molar-refractivity contribution is 6.00. The van der Waals surface area contributed by atoms with Crippen LogP contribution in [-0.4, -0.2) is 24.1 Å². The number of halogens is 1. The van der Waals surface area contributed by atoms with Crippen molar-refractivity contribution in [2.45, 2.75) is 32.6 Å². The molecule has 1 aliphatic carbocycles. The highest BCUT2D eigenvalue weighted by Crippen LogP contribution is 2.22. The number of aryl methyl sites for hydroxylation is 2. The molecule has 0 aromatic heterocycles. The van der Waals surface area contributed by atoms with Gasteiger partial charge in [0.1, 0.15) is 5.82 Å². The molecule has 2 N–H and O–H groups in total. The van der Waals surface area contributed by atoms with Gasteiger partial charge in [0, 0.05) is 5.56 Å². The zero-order valence-corrected chi connectivity index (χ0v) is 15.2. The fourth-order valence-electron chi connectivity index (χ4n) is 3.07. The van der Waals surface area contributed by atoms with Crippen LogP contribution in [-0.2, 0) is 17.6 Å². The Balaban J connectivity index is 1.53. The number of rotatable bonds is 5. The monoisotopic (exact) mass is 367 g/mol. The lowest BCUT2D eigenvalue weighted by molar-refractivity contribution is -0.120. The Labute approximate surface area is 157 Å². The lowest BCUT2D eigenvalue weighted by Gasteiger charge is -2.16. The molecule has 0 spiro atoms. The number of hydrogen-bond acceptors (Lipinski definition) is 3. The number of carbonyl (C=O) groups excluding carboxylic acids is 2. The summed E-state index contributed by atoms with van der Waals surface area (Å²) in [5.41, 5.74) is 7.18. The van der Waals surface area contributed by atoms with Gasteiger partial charge < -0.3 is 5.32 Å². The van der Waals surface area contributed by atoms with Crippen molar-refractivity contribution >= 4 is 17.5 Å². The molecule has 0 saturated heterocycles. The van der Waals surface area contributed by atoms with Crippen molar-refractivity contribution in [2.24, 2.45) is 5.10 Å². The molecular formula is C21H22FN3O2. The van der Waals surface area contributed by atoms with Crippen LogP contribution in [0.25, 0.3) is 0 Å². The summed E-state index contributed by atoms with van der Waals surface area (Å²) in [7, 11) is 0. The first-order valence-electron chi connectivity index (χ1n) is 9.02. The molecule has 5 nitrogen and oxygen atoms in total. The van der Waals surface area contributed by atoms with Crippen molar-refractivity contribution in [1.82, 2.24) is 10.7 Å². The fraction of sp³-hybridized carbons (Fsp3) is 0.286. The smallest absolute Gasteiger partial charge is 0.259 e. The molecular weight excluding hydrogens is 345 g/mol. The van der Waals surface area contributed by atoms with Gasteiger partial charge in [-0.2, -0.15) is 5.10 Å². The molecule has 2 aromatic rings. The molecule has 3 rings (SSSR count). The molecule has 140 valence electrons. The summed E-state index contributed by atoms with van der Waals surface area (Å²) < 4.78 is 12.9. The molecule has 6 heteroatoms. The first kappa shape index (κ1) is 18.8. The number of nitrogens with zero attached hydrogens (tertiary/aromatic N) is 1. The van der Waals surface area contributed by atoms with Gasteiger partial charge in [-0.25, -0.2) is 9.82 Å². The summed E-state index contributed by atoms with van der Waals surface area (Å²) in [6.45, 7) is 1.62. The Morgan fingerprint density at radius 3 is 2.41 bits per heavy atom. The van der Waals surface area contributed by atoms with Gasteiger partial charge in [0.05, 0.1) is 12.3 Å². The van der Waals surface area contributed by atoms with Gasteiger partial charge >= 0.3 is 0 Å². The van der Waals surface area contributed by atoms with Gasteiger partial charge in [-0.15, -0.1) is 0 Å². The number of hydrazone groups is 1. The van der Waals surface area contributed by atoms with Crippen LogP contribution in [0.5, 0.6) is 0 Å². The summed E-state index contributed by atoms with van der Waals surface area (Å²) in [4.78, 5) is 23.8. The Kier molecular flexibility index (Phi) is 5.96. The van der Waals surface area contributed by atoms with Crippen molar-refractivity contribution in [1.29, 1.82) is 0 Å². The molecule has 0 heterocycles. The zero-order valence-electron chi connectivity index (χ0n) is 15.2. The van der Waals surface area contributed by atoms with E-state index in [-0.39, 0.29) is 12.1 Å². The first-order valence-corrected chi connectivity index (χ1v) is 9.02. The number of fused-ring (bicyclic) bond motifs is 1. The summed E-state index contributed by atoms with van der Waals surface area (Å²) in [5.74, 6) is -1.29. The lowest BCUT2D eigenvalue weighted by atomic mass is 9.90. The minimum absolute atomic E-state index is 0.211. The second-order valence-corrected chi connectivity index (χ2v) is 6.61. The summed E-state index contributed by atoms with van der Waals surface area (Å²) in [6, 6.07) is 11.4. The lowest BCUT2D eigenvalue weighted by Crippen LogP contribution is -2.35. The summed E-state index contributed by atoms with van der Waals surface area (Å²) in [5, 5.41) is 6.60.